The molecule has 1 unspecified atom stereocenters. The van der Waals surface area contributed by atoms with E-state index in [0.717, 1.165) is 24.6 Å². The summed E-state index contributed by atoms with van der Waals surface area (Å²) in [7, 11) is -3.16. The number of piperidine rings is 1. The van der Waals surface area contributed by atoms with Crippen LogP contribution < -0.4 is 10.9 Å². The number of fused-ring (bicyclic) bond motifs is 1. The van der Waals surface area contributed by atoms with E-state index in [9.17, 15) is 13.2 Å². The number of rotatable bonds is 4. The van der Waals surface area contributed by atoms with E-state index in [1.54, 1.807) is 16.8 Å². The fourth-order valence-electron chi connectivity index (χ4n) is 4.74. The van der Waals surface area contributed by atoms with Crippen molar-refractivity contribution in [2.75, 3.05) is 24.7 Å². The molecule has 160 valence electrons. The molecule has 10 heteroatoms. The molecule has 2 aromatic rings. The third-order valence-corrected chi connectivity index (χ3v) is 8.17. The maximum absolute atomic E-state index is 13.0. The molecule has 1 saturated heterocycles. The summed E-state index contributed by atoms with van der Waals surface area (Å²) in [6.45, 7) is 0.946. The van der Waals surface area contributed by atoms with E-state index in [1.807, 2.05) is 0 Å². The molecular formula is C20H24ClN5O3S. The summed E-state index contributed by atoms with van der Waals surface area (Å²) in [5.74, 6) is 0.451. The van der Waals surface area contributed by atoms with Crippen molar-refractivity contribution in [2.45, 2.75) is 44.2 Å². The summed E-state index contributed by atoms with van der Waals surface area (Å²) in [4.78, 5) is 22.1. The van der Waals surface area contributed by atoms with Crippen molar-refractivity contribution in [2.24, 2.45) is 5.41 Å². The molecule has 8 nitrogen and oxygen atoms in total. The van der Waals surface area contributed by atoms with Crippen molar-refractivity contribution in [3.8, 4) is 0 Å². The number of hydrogen-bond donors (Lipinski definition) is 1. The maximum atomic E-state index is 13.0. The van der Waals surface area contributed by atoms with Crippen LogP contribution in [0.3, 0.4) is 0 Å². The largest absolute Gasteiger partial charge is 0.351 e. The van der Waals surface area contributed by atoms with Crippen molar-refractivity contribution >= 4 is 38.6 Å². The first-order valence-electron chi connectivity index (χ1n) is 10.2. The molecule has 1 N–H and O–H groups in total. The van der Waals surface area contributed by atoms with Crippen molar-refractivity contribution in [3.63, 3.8) is 0 Å². The van der Waals surface area contributed by atoms with Gasteiger partial charge in [-0.15, -0.1) is 0 Å². The molecule has 1 saturated carbocycles. The fourth-order valence-corrected chi connectivity index (χ4v) is 5.83. The zero-order valence-electron chi connectivity index (χ0n) is 16.7. The molecule has 5 rings (SSSR count). The van der Waals surface area contributed by atoms with Crippen LogP contribution in [-0.4, -0.2) is 52.6 Å². The lowest BCUT2D eigenvalue weighted by Gasteiger charge is -2.30. The number of sulfonamides is 1. The summed E-state index contributed by atoms with van der Waals surface area (Å²) >= 11 is 6.25. The van der Waals surface area contributed by atoms with Gasteiger partial charge < -0.3 is 5.32 Å². The number of halogens is 1. The Hall–Kier alpha value is -1.97. The average molecular weight is 450 g/mol. The van der Waals surface area contributed by atoms with Crippen molar-refractivity contribution in [1.82, 2.24) is 18.8 Å². The van der Waals surface area contributed by atoms with Crippen LogP contribution in [0, 0.1) is 5.41 Å². The summed E-state index contributed by atoms with van der Waals surface area (Å²) in [5.41, 5.74) is 0.434. The first kappa shape index (κ1) is 20.0. The van der Waals surface area contributed by atoms with Crippen LogP contribution in [0.25, 0.3) is 11.0 Å². The van der Waals surface area contributed by atoms with Gasteiger partial charge in [0, 0.05) is 36.1 Å². The van der Waals surface area contributed by atoms with E-state index < -0.39 is 10.0 Å². The summed E-state index contributed by atoms with van der Waals surface area (Å²) in [6, 6.07) is 1.74. The van der Waals surface area contributed by atoms with Gasteiger partial charge in [-0.05, 0) is 38.2 Å². The molecule has 2 aliphatic carbocycles. The average Bonchev–Trinajstić information content (AvgIpc) is 3.36. The maximum Gasteiger partial charge on any atom is 0.271 e. The normalized spacial score (nSPS) is 24.0. The molecule has 0 radical (unpaired) electrons. The monoisotopic (exact) mass is 449 g/mol. The Balaban J connectivity index is 1.45. The molecule has 3 heterocycles. The summed E-state index contributed by atoms with van der Waals surface area (Å²) < 4.78 is 26.7. The van der Waals surface area contributed by atoms with Crippen molar-refractivity contribution in [1.29, 1.82) is 0 Å². The van der Waals surface area contributed by atoms with E-state index in [0.29, 0.717) is 37.5 Å². The zero-order chi connectivity index (χ0) is 21.1. The van der Waals surface area contributed by atoms with Gasteiger partial charge in [0.05, 0.1) is 12.3 Å². The predicted molar refractivity (Wildman–Crippen MR) is 116 cm³/mol. The quantitative estimate of drug-likeness (QED) is 0.720. The van der Waals surface area contributed by atoms with Gasteiger partial charge in [0.2, 0.25) is 16.0 Å². The van der Waals surface area contributed by atoms with Crippen LogP contribution in [0.4, 0.5) is 5.95 Å². The van der Waals surface area contributed by atoms with Gasteiger partial charge in [0.1, 0.15) is 10.7 Å². The van der Waals surface area contributed by atoms with Crippen molar-refractivity contribution in [3.05, 3.63) is 39.8 Å². The third kappa shape index (κ3) is 3.42. The van der Waals surface area contributed by atoms with Crippen LogP contribution in [-0.2, 0) is 10.0 Å². The minimum atomic E-state index is -3.16. The molecule has 1 aliphatic heterocycles. The number of nitrogens with zero attached hydrogens (tertiary/aromatic N) is 4. The van der Waals surface area contributed by atoms with Crippen LogP contribution in [0.2, 0.25) is 5.02 Å². The fraction of sp³-hybridized carbons (Fsp3) is 0.550. The number of pyridine rings is 1. The first-order valence-corrected chi connectivity index (χ1v) is 12.5. The molecule has 30 heavy (non-hydrogen) atoms. The van der Waals surface area contributed by atoms with Gasteiger partial charge in [0.25, 0.3) is 5.56 Å². The van der Waals surface area contributed by atoms with E-state index in [4.69, 9.17) is 16.6 Å². The van der Waals surface area contributed by atoms with E-state index in [-0.39, 0.29) is 28.1 Å². The number of allylic oxidation sites excluding steroid dienone is 2. The van der Waals surface area contributed by atoms with Gasteiger partial charge in [-0.1, -0.05) is 23.8 Å². The highest BCUT2D eigenvalue weighted by Gasteiger charge is 2.50. The smallest absolute Gasteiger partial charge is 0.271 e. The summed E-state index contributed by atoms with van der Waals surface area (Å²) in [5, 5.41) is 4.24. The van der Waals surface area contributed by atoms with Crippen LogP contribution >= 0.6 is 11.6 Å². The Bertz CT molecular complexity index is 1200. The number of anilines is 1. The highest BCUT2D eigenvalue weighted by atomic mass is 35.5. The molecule has 3 aliphatic rings. The molecule has 0 amide bonds. The number of nitrogens with one attached hydrogen (secondary N) is 1. The van der Waals surface area contributed by atoms with Crippen LogP contribution in [0.1, 0.15) is 38.1 Å². The highest BCUT2D eigenvalue weighted by molar-refractivity contribution is 7.88. The van der Waals surface area contributed by atoms with Gasteiger partial charge in [-0.3, -0.25) is 9.36 Å². The van der Waals surface area contributed by atoms with E-state index in [2.05, 4.69) is 22.5 Å². The minimum absolute atomic E-state index is 0.0342. The highest BCUT2D eigenvalue weighted by Crippen LogP contribution is 2.59. The van der Waals surface area contributed by atoms with Gasteiger partial charge in [0.15, 0.2) is 0 Å². The zero-order valence-corrected chi connectivity index (χ0v) is 18.3. The van der Waals surface area contributed by atoms with Crippen molar-refractivity contribution < 1.29 is 8.42 Å². The first-order chi connectivity index (χ1) is 14.3. The van der Waals surface area contributed by atoms with Gasteiger partial charge in [-0.2, -0.15) is 4.98 Å². The number of hydrogen-bond acceptors (Lipinski definition) is 6. The van der Waals surface area contributed by atoms with Gasteiger partial charge in [-0.25, -0.2) is 17.7 Å². The molecule has 1 spiro atoms. The second-order valence-corrected chi connectivity index (χ2v) is 11.0. The van der Waals surface area contributed by atoms with E-state index in [1.165, 1.54) is 10.6 Å². The Kier molecular flexibility index (Phi) is 4.68. The molecule has 2 fully saturated rings. The van der Waals surface area contributed by atoms with E-state index >= 15 is 0 Å². The Morgan fingerprint density at radius 2 is 2.00 bits per heavy atom. The lowest BCUT2D eigenvalue weighted by molar-refractivity contribution is 0.331. The van der Waals surface area contributed by atoms with Gasteiger partial charge >= 0.3 is 0 Å². The predicted octanol–water partition coefficient (Wildman–Crippen LogP) is 2.56. The summed E-state index contributed by atoms with van der Waals surface area (Å²) in [6.07, 6.45) is 11.6. The minimum Gasteiger partial charge on any atom is -0.351 e. The van der Waals surface area contributed by atoms with Crippen LogP contribution in [0.5, 0.6) is 0 Å². The van der Waals surface area contributed by atoms with Crippen LogP contribution in [0.15, 0.2) is 29.2 Å². The molecule has 2 aromatic heterocycles. The topological polar surface area (TPSA) is 97.2 Å². The lowest BCUT2D eigenvalue weighted by atomic mass is 10.00. The Labute approximate surface area is 180 Å². The lowest BCUT2D eigenvalue weighted by Crippen LogP contribution is -2.42. The molecule has 0 aromatic carbocycles. The second-order valence-electron chi connectivity index (χ2n) is 8.61. The number of aromatic nitrogens is 3. The second kappa shape index (κ2) is 7.03. The Morgan fingerprint density at radius 3 is 2.67 bits per heavy atom. The Morgan fingerprint density at radius 1 is 1.27 bits per heavy atom. The standard InChI is InChI=1S/C20H24ClN5O3S/c1-30(28,29)25-9-4-14(5-10-25)23-19-22-12-13-11-15(21)18(27)26(17(13)24-19)16-3-2-6-20(16)7-8-20/h2,6,11-12,14,16H,3-5,7-10H2,1H3,(H,22,23,24). The molecule has 1 atom stereocenters. The molecular weight excluding hydrogens is 426 g/mol. The SMILES string of the molecule is CS(=O)(=O)N1CCC(Nc2ncc3cc(Cl)c(=O)n(C4CC=CC45CC5)c3n2)CC1. The third-order valence-electron chi connectivity index (χ3n) is 6.60. The molecule has 0 bridgehead atoms.